The molecule has 1 atom stereocenters. The first-order valence-corrected chi connectivity index (χ1v) is 9.23. The highest BCUT2D eigenvalue weighted by Gasteiger charge is 2.29. The molecule has 26 heavy (non-hydrogen) atoms. The lowest BCUT2D eigenvalue weighted by atomic mass is 9.83. The third kappa shape index (κ3) is 4.25. The predicted molar refractivity (Wildman–Crippen MR) is 104 cm³/mol. The van der Waals surface area contributed by atoms with Gasteiger partial charge in [-0.05, 0) is 55.9 Å². The summed E-state index contributed by atoms with van der Waals surface area (Å²) >= 11 is 0. The fraction of sp³-hybridized carbons (Fsp3) is 0.409. The summed E-state index contributed by atoms with van der Waals surface area (Å²) in [4.78, 5) is 12.0. The van der Waals surface area contributed by atoms with Crippen molar-refractivity contribution >= 4 is 6.09 Å². The van der Waals surface area contributed by atoms with E-state index in [1.165, 1.54) is 22.3 Å². The van der Waals surface area contributed by atoms with Crippen molar-refractivity contribution in [2.75, 3.05) is 6.54 Å². The van der Waals surface area contributed by atoms with E-state index in [0.717, 1.165) is 12.8 Å². The summed E-state index contributed by atoms with van der Waals surface area (Å²) in [5, 5.41) is 2.83. The summed E-state index contributed by atoms with van der Waals surface area (Å²) in [6.07, 6.45) is 1.59. The fourth-order valence-corrected chi connectivity index (χ4v) is 3.66. The van der Waals surface area contributed by atoms with Crippen molar-refractivity contribution in [2.45, 2.75) is 51.2 Å². The molecule has 3 N–H and O–H groups in total. The Bertz CT molecular complexity index is 732. The van der Waals surface area contributed by atoms with Crippen LogP contribution in [0.3, 0.4) is 0 Å². The first-order chi connectivity index (χ1) is 12.3. The standard InChI is InChI=1S/C22H28N2O2/c1-22(2,3)26-21(25)24-14-19(23)20-17-10-6-4-8-15(17)12-13-16-9-5-7-11-18(16)20/h4-11,19-20H,12-14,23H2,1-3H3,(H,24,25)/t19-/m1/s1. The monoisotopic (exact) mass is 352 g/mol. The van der Waals surface area contributed by atoms with E-state index in [4.69, 9.17) is 10.5 Å². The maximum Gasteiger partial charge on any atom is 0.407 e. The van der Waals surface area contributed by atoms with E-state index >= 15 is 0 Å². The number of rotatable bonds is 3. The molecule has 2 aromatic rings. The van der Waals surface area contributed by atoms with Crippen LogP contribution in [0.5, 0.6) is 0 Å². The zero-order valence-electron chi connectivity index (χ0n) is 15.8. The lowest BCUT2D eigenvalue weighted by Gasteiger charge is -2.27. The molecular weight excluding hydrogens is 324 g/mol. The van der Waals surface area contributed by atoms with E-state index in [1.807, 2.05) is 20.8 Å². The second kappa shape index (κ2) is 7.50. The third-order valence-corrected chi connectivity index (χ3v) is 4.75. The van der Waals surface area contributed by atoms with Gasteiger partial charge in [0, 0.05) is 18.5 Å². The van der Waals surface area contributed by atoms with E-state index in [9.17, 15) is 4.79 Å². The lowest BCUT2D eigenvalue weighted by molar-refractivity contribution is 0.0523. The van der Waals surface area contributed by atoms with Crippen LogP contribution in [0.25, 0.3) is 0 Å². The number of fused-ring (bicyclic) bond motifs is 2. The predicted octanol–water partition coefficient (Wildman–Crippen LogP) is 3.77. The number of benzene rings is 2. The molecule has 0 saturated heterocycles. The Balaban J connectivity index is 1.85. The molecule has 0 spiro atoms. The molecule has 0 radical (unpaired) electrons. The average molecular weight is 352 g/mol. The fourth-order valence-electron chi connectivity index (χ4n) is 3.66. The van der Waals surface area contributed by atoms with Gasteiger partial charge in [-0.1, -0.05) is 48.5 Å². The van der Waals surface area contributed by atoms with Gasteiger partial charge in [-0.15, -0.1) is 0 Å². The van der Waals surface area contributed by atoms with Gasteiger partial charge >= 0.3 is 6.09 Å². The SMILES string of the molecule is CC(C)(C)OC(=O)NC[C@@H](N)C1c2ccccc2CCc2ccccc21. The Hall–Kier alpha value is -2.33. The van der Waals surface area contributed by atoms with Crippen molar-refractivity contribution in [1.29, 1.82) is 0 Å². The van der Waals surface area contributed by atoms with Crippen molar-refractivity contribution in [2.24, 2.45) is 5.73 Å². The van der Waals surface area contributed by atoms with Crippen LogP contribution < -0.4 is 11.1 Å². The molecule has 4 heteroatoms. The molecule has 1 aliphatic rings. The number of nitrogens with two attached hydrogens (primary N) is 1. The van der Waals surface area contributed by atoms with Crippen LogP contribution in [0.2, 0.25) is 0 Å². The molecule has 0 unspecified atom stereocenters. The minimum atomic E-state index is -0.518. The van der Waals surface area contributed by atoms with E-state index in [0.29, 0.717) is 6.54 Å². The van der Waals surface area contributed by atoms with Gasteiger partial charge in [0.25, 0.3) is 0 Å². The van der Waals surface area contributed by atoms with Gasteiger partial charge in [-0.2, -0.15) is 0 Å². The van der Waals surface area contributed by atoms with Crippen molar-refractivity contribution in [3.63, 3.8) is 0 Å². The molecule has 0 bridgehead atoms. The first-order valence-electron chi connectivity index (χ1n) is 9.23. The smallest absolute Gasteiger partial charge is 0.407 e. The van der Waals surface area contributed by atoms with Crippen LogP contribution in [0, 0.1) is 0 Å². The number of hydrogen-bond donors (Lipinski definition) is 2. The summed E-state index contributed by atoms with van der Waals surface area (Å²) in [5.41, 5.74) is 11.3. The number of nitrogens with one attached hydrogen (secondary N) is 1. The topological polar surface area (TPSA) is 64.3 Å². The number of hydrogen-bond acceptors (Lipinski definition) is 3. The molecule has 0 aromatic heterocycles. The zero-order valence-corrected chi connectivity index (χ0v) is 15.8. The van der Waals surface area contributed by atoms with Crippen molar-refractivity contribution in [3.05, 3.63) is 70.8 Å². The van der Waals surface area contributed by atoms with Crippen LogP contribution in [0.4, 0.5) is 4.79 Å². The molecule has 1 aliphatic carbocycles. The molecule has 4 nitrogen and oxygen atoms in total. The Labute approximate surface area is 155 Å². The Kier molecular flexibility index (Phi) is 5.33. The second-order valence-electron chi connectivity index (χ2n) is 7.92. The van der Waals surface area contributed by atoms with E-state index in [1.54, 1.807) is 0 Å². The molecule has 0 fully saturated rings. The van der Waals surface area contributed by atoms with Crippen LogP contribution in [-0.4, -0.2) is 24.3 Å². The quantitative estimate of drug-likeness (QED) is 0.884. The van der Waals surface area contributed by atoms with Gasteiger partial charge in [0.1, 0.15) is 5.60 Å². The summed E-state index contributed by atoms with van der Waals surface area (Å²) in [7, 11) is 0. The van der Waals surface area contributed by atoms with Gasteiger partial charge in [0.15, 0.2) is 0 Å². The summed E-state index contributed by atoms with van der Waals surface area (Å²) < 4.78 is 5.33. The molecule has 0 heterocycles. The highest BCUT2D eigenvalue weighted by molar-refractivity contribution is 5.67. The van der Waals surface area contributed by atoms with Gasteiger partial charge in [0.2, 0.25) is 0 Å². The third-order valence-electron chi connectivity index (χ3n) is 4.75. The van der Waals surface area contributed by atoms with Crippen LogP contribution in [0.15, 0.2) is 48.5 Å². The Morgan fingerprint density at radius 2 is 1.58 bits per heavy atom. The molecule has 3 rings (SSSR count). The van der Waals surface area contributed by atoms with Crippen molar-refractivity contribution < 1.29 is 9.53 Å². The van der Waals surface area contributed by atoms with Crippen LogP contribution in [0.1, 0.15) is 48.9 Å². The summed E-state index contributed by atoms with van der Waals surface area (Å²) in [6, 6.07) is 16.7. The maximum atomic E-state index is 12.0. The minimum absolute atomic E-state index is 0.0554. The highest BCUT2D eigenvalue weighted by atomic mass is 16.6. The lowest BCUT2D eigenvalue weighted by Crippen LogP contribution is -2.43. The number of carbonyl (C=O) groups excluding carboxylic acids is 1. The highest BCUT2D eigenvalue weighted by Crippen LogP contribution is 2.35. The maximum absolute atomic E-state index is 12.0. The van der Waals surface area contributed by atoms with E-state index in [2.05, 4.69) is 53.8 Å². The average Bonchev–Trinajstić information content (AvgIpc) is 2.75. The molecular formula is C22H28N2O2. The van der Waals surface area contributed by atoms with E-state index < -0.39 is 11.7 Å². The molecule has 1 amide bonds. The molecule has 138 valence electrons. The Morgan fingerprint density at radius 3 is 2.08 bits per heavy atom. The summed E-state index contributed by atoms with van der Waals surface area (Å²) in [6.45, 7) is 5.92. The number of ether oxygens (including phenoxy) is 1. The molecule has 2 aromatic carbocycles. The van der Waals surface area contributed by atoms with Gasteiger partial charge < -0.3 is 15.8 Å². The normalized spacial score (nSPS) is 15.4. The van der Waals surface area contributed by atoms with E-state index in [-0.39, 0.29) is 12.0 Å². The second-order valence-corrected chi connectivity index (χ2v) is 7.92. The molecule has 0 aliphatic heterocycles. The van der Waals surface area contributed by atoms with Gasteiger partial charge in [-0.3, -0.25) is 0 Å². The van der Waals surface area contributed by atoms with Crippen LogP contribution >= 0.6 is 0 Å². The molecule has 0 saturated carbocycles. The van der Waals surface area contributed by atoms with Crippen molar-refractivity contribution in [1.82, 2.24) is 5.32 Å². The Morgan fingerprint density at radius 1 is 1.08 bits per heavy atom. The number of alkyl carbamates (subject to hydrolysis) is 1. The zero-order chi connectivity index (χ0) is 18.7. The van der Waals surface area contributed by atoms with Crippen LogP contribution in [-0.2, 0) is 17.6 Å². The van der Waals surface area contributed by atoms with Gasteiger partial charge in [0.05, 0.1) is 0 Å². The number of aryl methyl sites for hydroxylation is 2. The number of carbonyl (C=O) groups is 1. The van der Waals surface area contributed by atoms with Gasteiger partial charge in [-0.25, -0.2) is 4.79 Å². The summed E-state index contributed by atoms with van der Waals surface area (Å²) in [5.74, 6) is 0.0554. The van der Waals surface area contributed by atoms with Crippen molar-refractivity contribution in [3.8, 4) is 0 Å². The number of amides is 1. The largest absolute Gasteiger partial charge is 0.444 e. The first kappa shape index (κ1) is 18.5. The minimum Gasteiger partial charge on any atom is -0.444 e.